The number of halogens is 1. The fourth-order valence-corrected chi connectivity index (χ4v) is 4.20. The van der Waals surface area contributed by atoms with Crippen LogP contribution in [0.5, 0.6) is 5.75 Å². The van der Waals surface area contributed by atoms with Gasteiger partial charge in [0.05, 0.1) is 5.57 Å². The van der Waals surface area contributed by atoms with E-state index in [0.717, 1.165) is 22.4 Å². The van der Waals surface area contributed by atoms with Crippen molar-refractivity contribution in [2.45, 2.75) is 26.5 Å². The highest BCUT2D eigenvalue weighted by molar-refractivity contribution is 6.30. The number of benzene rings is 3. The Morgan fingerprint density at radius 1 is 1.06 bits per heavy atom. The van der Waals surface area contributed by atoms with Crippen LogP contribution in [0.1, 0.15) is 29.7 Å². The molecule has 0 aliphatic carbocycles. The number of fused-ring (bicyclic) bond motifs is 1. The highest BCUT2D eigenvalue weighted by Crippen LogP contribution is 2.39. The summed E-state index contributed by atoms with van der Waals surface area (Å²) < 4.78 is 7.81. The number of nitrogens with zero attached hydrogens (tertiary/aromatic N) is 4. The van der Waals surface area contributed by atoms with Gasteiger partial charge in [0.25, 0.3) is 5.91 Å². The van der Waals surface area contributed by atoms with Gasteiger partial charge in [-0.25, -0.2) is 0 Å². The number of allylic oxidation sites excluding steroid dienone is 1. The molecule has 1 aliphatic rings. The molecule has 0 spiro atoms. The van der Waals surface area contributed by atoms with Crippen molar-refractivity contribution in [2.24, 2.45) is 0 Å². The van der Waals surface area contributed by atoms with E-state index >= 15 is 0 Å². The molecular weight excluding hydrogens is 464 g/mol. The Hall–Kier alpha value is -4.17. The van der Waals surface area contributed by atoms with E-state index < -0.39 is 6.04 Å². The van der Waals surface area contributed by atoms with Crippen LogP contribution in [0, 0.1) is 6.92 Å². The summed E-state index contributed by atoms with van der Waals surface area (Å²) in [5.74, 6) is 0.834. The molecule has 4 aromatic rings. The molecule has 1 unspecified atom stereocenters. The average Bonchev–Trinajstić information content (AvgIpc) is 3.32. The molecular formula is C26H23ClN6O2. The lowest BCUT2D eigenvalue weighted by atomic mass is 9.94. The van der Waals surface area contributed by atoms with Gasteiger partial charge in [-0.15, -0.1) is 0 Å². The number of nitrogens with one attached hydrogen (secondary N) is 2. The van der Waals surface area contributed by atoms with E-state index in [9.17, 15) is 4.79 Å². The molecule has 8 nitrogen and oxygen atoms in total. The van der Waals surface area contributed by atoms with E-state index in [1.165, 1.54) is 0 Å². The smallest absolute Gasteiger partial charge is 0.255 e. The van der Waals surface area contributed by atoms with Gasteiger partial charge >= 0.3 is 0 Å². The molecule has 9 heteroatoms. The number of aromatic nitrogens is 4. The molecule has 2 heterocycles. The van der Waals surface area contributed by atoms with Crippen LogP contribution in [-0.2, 0) is 11.4 Å². The standard InChI is InChI=1S/C26H23ClN6O2/c1-16-7-3-5-9-21(16)29-25(34)23-17(2)28-26-30-31-32-33(26)24(23)20-8-4-6-10-22(20)35-15-18-11-13-19(27)14-12-18/h3-14,24H,15H2,1-2H3,(H,29,34)(H,28,30,32). The predicted molar refractivity (Wildman–Crippen MR) is 134 cm³/mol. The third-order valence-corrected chi connectivity index (χ3v) is 6.13. The average molecular weight is 487 g/mol. The number of rotatable bonds is 6. The van der Waals surface area contributed by atoms with E-state index in [2.05, 4.69) is 26.2 Å². The lowest BCUT2D eigenvalue weighted by Crippen LogP contribution is -2.32. The normalized spacial score (nSPS) is 14.8. The zero-order chi connectivity index (χ0) is 24.4. The van der Waals surface area contributed by atoms with Crippen LogP contribution in [-0.4, -0.2) is 26.1 Å². The summed E-state index contributed by atoms with van der Waals surface area (Å²) in [6.45, 7) is 4.14. The van der Waals surface area contributed by atoms with Crippen LogP contribution < -0.4 is 15.4 Å². The van der Waals surface area contributed by atoms with Gasteiger partial charge in [0.2, 0.25) is 5.95 Å². The first kappa shape index (κ1) is 22.6. The number of amides is 1. The maximum atomic E-state index is 13.6. The maximum absolute atomic E-state index is 13.6. The van der Waals surface area contributed by atoms with Gasteiger partial charge in [0, 0.05) is 22.0 Å². The minimum absolute atomic E-state index is 0.247. The minimum atomic E-state index is -0.591. The molecule has 1 atom stereocenters. The molecule has 5 rings (SSSR count). The maximum Gasteiger partial charge on any atom is 0.255 e. The molecule has 1 amide bonds. The molecule has 176 valence electrons. The Morgan fingerprint density at radius 3 is 2.60 bits per heavy atom. The molecule has 2 N–H and O–H groups in total. The highest BCUT2D eigenvalue weighted by atomic mass is 35.5. The van der Waals surface area contributed by atoms with Gasteiger partial charge in [-0.05, 0) is 59.7 Å². The second-order valence-electron chi connectivity index (χ2n) is 8.24. The van der Waals surface area contributed by atoms with Crippen molar-refractivity contribution < 1.29 is 9.53 Å². The summed E-state index contributed by atoms with van der Waals surface area (Å²) in [5, 5.41) is 18.9. The molecule has 0 radical (unpaired) electrons. The Balaban J connectivity index is 1.52. The molecule has 35 heavy (non-hydrogen) atoms. The van der Waals surface area contributed by atoms with Gasteiger partial charge < -0.3 is 15.4 Å². The van der Waals surface area contributed by atoms with Crippen molar-refractivity contribution in [1.29, 1.82) is 0 Å². The van der Waals surface area contributed by atoms with Crippen LogP contribution >= 0.6 is 11.6 Å². The SMILES string of the molecule is CC1=C(C(=O)Nc2ccccc2C)C(c2ccccc2OCc2ccc(Cl)cc2)n2nnnc2N1. The number of hydrogen-bond acceptors (Lipinski definition) is 6. The zero-order valence-electron chi connectivity index (χ0n) is 19.2. The molecule has 1 aromatic heterocycles. The van der Waals surface area contributed by atoms with Gasteiger partial charge in [-0.3, -0.25) is 4.79 Å². The lowest BCUT2D eigenvalue weighted by molar-refractivity contribution is -0.113. The van der Waals surface area contributed by atoms with Crippen LogP contribution in [0.2, 0.25) is 5.02 Å². The number of anilines is 2. The Bertz CT molecular complexity index is 1410. The summed E-state index contributed by atoms with van der Waals surface area (Å²) in [7, 11) is 0. The van der Waals surface area contributed by atoms with Crippen LogP contribution in [0.4, 0.5) is 11.6 Å². The fraction of sp³-hybridized carbons (Fsp3) is 0.154. The lowest BCUT2D eigenvalue weighted by Gasteiger charge is -2.29. The van der Waals surface area contributed by atoms with Gasteiger partial charge in [-0.1, -0.05) is 65.2 Å². The van der Waals surface area contributed by atoms with E-state index in [4.69, 9.17) is 16.3 Å². The number of para-hydroxylation sites is 2. The first-order valence-electron chi connectivity index (χ1n) is 11.1. The molecule has 0 bridgehead atoms. The second-order valence-corrected chi connectivity index (χ2v) is 8.67. The number of tetrazole rings is 1. The van der Waals surface area contributed by atoms with E-state index in [0.29, 0.717) is 34.6 Å². The van der Waals surface area contributed by atoms with Gasteiger partial charge in [0.1, 0.15) is 18.4 Å². The third kappa shape index (κ3) is 4.61. The Morgan fingerprint density at radius 2 is 1.80 bits per heavy atom. The minimum Gasteiger partial charge on any atom is -0.489 e. The number of aryl methyl sites for hydroxylation is 1. The van der Waals surface area contributed by atoms with Gasteiger partial charge in [-0.2, -0.15) is 4.68 Å². The Labute approximate surface area is 207 Å². The number of carbonyl (C=O) groups is 1. The second kappa shape index (κ2) is 9.60. The summed E-state index contributed by atoms with van der Waals surface area (Å²) in [5.41, 5.74) is 4.61. The van der Waals surface area contributed by atoms with Crippen LogP contribution in [0.25, 0.3) is 0 Å². The molecule has 1 aliphatic heterocycles. The fourth-order valence-electron chi connectivity index (χ4n) is 4.08. The summed E-state index contributed by atoms with van der Waals surface area (Å²) >= 11 is 6.01. The van der Waals surface area contributed by atoms with Crippen molar-refractivity contribution in [3.63, 3.8) is 0 Å². The molecule has 0 saturated heterocycles. The molecule has 3 aromatic carbocycles. The summed E-state index contributed by atoms with van der Waals surface area (Å²) in [6.07, 6.45) is 0. The first-order chi connectivity index (χ1) is 17.0. The van der Waals surface area contributed by atoms with Gasteiger partial charge in [0.15, 0.2) is 0 Å². The van der Waals surface area contributed by atoms with Crippen LogP contribution in [0.3, 0.4) is 0 Å². The quantitative estimate of drug-likeness (QED) is 0.392. The predicted octanol–water partition coefficient (Wildman–Crippen LogP) is 5.14. The summed E-state index contributed by atoms with van der Waals surface area (Å²) in [4.78, 5) is 13.6. The van der Waals surface area contributed by atoms with E-state index in [-0.39, 0.29) is 5.91 Å². The van der Waals surface area contributed by atoms with Crippen molar-refractivity contribution in [3.05, 3.63) is 106 Å². The number of hydrogen-bond donors (Lipinski definition) is 2. The third-order valence-electron chi connectivity index (χ3n) is 5.87. The Kier molecular flexibility index (Phi) is 6.20. The molecule has 0 fully saturated rings. The van der Waals surface area contributed by atoms with E-state index in [1.54, 1.807) is 4.68 Å². The van der Waals surface area contributed by atoms with Crippen molar-refractivity contribution in [1.82, 2.24) is 20.2 Å². The zero-order valence-corrected chi connectivity index (χ0v) is 20.0. The monoisotopic (exact) mass is 486 g/mol. The van der Waals surface area contributed by atoms with Crippen LogP contribution in [0.15, 0.2) is 84.1 Å². The molecule has 0 saturated carbocycles. The summed E-state index contributed by atoms with van der Waals surface area (Å²) in [6, 6.07) is 22.1. The van der Waals surface area contributed by atoms with Crippen molar-refractivity contribution >= 4 is 29.1 Å². The topological polar surface area (TPSA) is 94.0 Å². The van der Waals surface area contributed by atoms with Crippen molar-refractivity contribution in [2.75, 3.05) is 10.6 Å². The first-order valence-corrected chi connectivity index (χ1v) is 11.5. The van der Waals surface area contributed by atoms with E-state index in [1.807, 2.05) is 86.6 Å². The number of carbonyl (C=O) groups excluding carboxylic acids is 1. The highest BCUT2D eigenvalue weighted by Gasteiger charge is 2.35. The number of ether oxygens (including phenoxy) is 1. The van der Waals surface area contributed by atoms with Crippen molar-refractivity contribution in [3.8, 4) is 5.75 Å². The largest absolute Gasteiger partial charge is 0.489 e.